The fraction of sp³-hybridized carbons (Fsp3) is 0.417. The average molecular weight is 326 g/mol. The van der Waals surface area contributed by atoms with E-state index in [0.29, 0.717) is 0 Å². The maximum atomic E-state index is 12.0. The highest BCUT2D eigenvalue weighted by Gasteiger charge is 2.44. The van der Waals surface area contributed by atoms with Crippen LogP contribution in [0.4, 0.5) is 0 Å². The third kappa shape index (κ3) is 2.12. The lowest BCUT2D eigenvalue weighted by Gasteiger charge is -2.17. The molecule has 0 aliphatic carbocycles. The number of rotatable bonds is 3. The molecule has 0 radical (unpaired) electrons. The molecule has 2 aromatic rings. The molecule has 1 aliphatic rings. The summed E-state index contributed by atoms with van der Waals surface area (Å²) in [4.78, 5) is 18.5. The molecule has 2 aromatic heterocycles. The number of nitrogens with two attached hydrogens (primary N) is 1. The van der Waals surface area contributed by atoms with Gasteiger partial charge < -0.3 is 35.3 Å². The standard InChI is InChI=1S/C12H14N4O5S/c13-9(22)4-1-16(10-6(4)11(20)15-3-14-10)12-8(19)7(18)5(2-17)21-12/h1,3,5,7-8,12,17-19H,2H2,(H2,13,22)(H,14,15,20)/t5-,7+,8+,12-/m0/s1. The molecule has 6 N–H and O–H groups in total. The number of hydrogen-bond donors (Lipinski definition) is 5. The number of hydrogen-bond acceptors (Lipinski definition) is 7. The Morgan fingerprint density at radius 3 is 2.82 bits per heavy atom. The highest BCUT2D eigenvalue weighted by atomic mass is 32.1. The predicted molar refractivity (Wildman–Crippen MR) is 79.3 cm³/mol. The van der Waals surface area contributed by atoms with E-state index in [1.165, 1.54) is 17.1 Å². The minimum Gasteiger partial charge on any atom is -0.394 e. The first-order valence-electron chi connectivity index (χ1n) is 6.46. The molecule has 3 heterocycles. The van der Waals surface area contributed by atoms with Gasteiger partial charge in [0.05, 0.1) is 18.3 Å². The van der Waals surface area contributed by atoms with Crippen molar-refractivity contribution in [3.63, 3.8) is 0 Å². The Hall–Kier alpha value is -1.85. The molecule has 1 aliphatic heterocycles. The minimum absolute atomic E-state index is 0.00556. The molecule has 22 heavy (non-hydrogen) atoms. The summed E-state index contributed by atoms with van der Waals surface area (Å²) >= 11 is 4.93. The normalized spacial score (nSPS) is 28.3. The van der Waals surface area contributed by atoms with Gasteiger partial charge in [0.2, 0.25) is 0 Å². The molecule has 1 fully saturated rings. The molecule has 4 atom stereocenters. The Kier molecular flexibility index (Phi) is 3.70. The third-order valence-electron chi connectivity index (χ3n) is 3.67. The molecular formula is C12H14N4O5S. The number of nitrogens with one attached hydrogen (secondary N) is 1. The second kappa shape index (κ2) is 5.41. The number of aliphatic hydroxyl groups excluding tert-OH is 3. The van der Waals surface area contributed by atoms with Crippen LogP contribution in [0.2, 0.25) is 0 Å². The summed E-state index contributed by atoms with van der Waals surface area (Å²) in [6, 6.07) is 0. The lowest BCUT2D eigenvalue weighted by molar-refractivity contribution is -0.0508. The van der Waals surface area contributed by atoms with Crippen LogP contribution in [0.25, 0.3) is 11.0 Å². The largest absolute Gasteiger partial charge is 0.394 e. The summed E-state index contributed by atoms with van der Waals surface area (Å²) in [6.45, 7) is -0.454. The molecule has 3 rings (SSSR count). The van der Waals surface area contributed by atoms with Crippen molar-refractivity contribution in [2.45, 2.75) is 24.5 Å². The summed E-state index contributed by atoms with van der Waals surface area (Å²) in [5.74, 6) is 0. The van der Waals surface area contributed by atoms with Gasteiger partial charge in [0.25, 0.3) is 5.56 Å². The number of ether oxygens (including phenoxy) is 1. The SMILES string of the molecule is NC(=S)c1cn([C@H]2O[C@@H](CO)[C@@H](O)[C@H]2O)c2nc[nH]c(=O)c12. The summed E-state index contributed by atoms with van der Waals surface area (Å²) in [6.07, 6.45) is -1.88. The second-order valence-corrected chi connectivity index (χ2v) is 5.41. The fourth-order valence-electron chi connectivity index (χ4n) is 2.58. The first-order valence-corrected chi connectivity index (χ1v) is 6.87. The van der Waals surface area contributed by atoms with Crippen LogP contribution in [0.15, 0.2) is 17.3 Å². The van der Waals surface area contributed by atoms with E-state index < -0.39 is 36.7 Å². The Labute approximate surface area is 129 Å². The minimum atomic E-state index is -1.30. The monoisotopic (exact) mass is 326 g/mol. The molecule has 0 unspecified atom stereocenters. The lowest BCUT2D eigenvalue weighted by Crippen LogP contribution is -2.33. The number of nitrogens with zero attached hydrogens (tertiary/aromatic N) is 2. The number of aromatic nitrogens is 3. The number of thiocarbonyl (C=S) groups is 1. The first-order chi connectivity index (χ1) is 10.5. The van der Waals surface area contributed by atoms with Gasteiger partial charge in [0.1, 0.15) is 28.9 Å². The quantitative estimate of drug-likeness (QED) is 0.406. The van der Waals surface area contributed by atoms with E-state index in [9.17, 15) is 15.0 Å². The van der Waals surface area contributed by atoms with Gasteiger partial charge in [0, 0.05) is 11.8 Å². The van der Waals surface area contributed by atoms with Crippen LogP contribution in [0.1, 0.15) is 11.8 Å². The summed E-state index contributed by atoms with van der Waals surface area (Å²) < 4.78 is 6.82. The molecule has 1 saturated heterocycles. The summed E-state index contributed by atoms with van der Waals surface area (Å²) in [5, 5.41) is 29.3. The molecule has 0 amide bonds. The van der Waals surface area contributed by atoms with E-state index in [1.807, 2.05) is 0 Å². The zero-order valence-corrected chi connectivity index (χ0v) is 12.0. The predicted octanol–water partition coefficient (Wildman–Crippen LogP) is -2.03. The van der Waals surface area contributed by atoms with Crippen LogP contribution < -0.4 is 11.3 Å². The molecule has 0 aromatic carbocycles. The number of aromatic amines is 1. The Bertz CT molecular complexity index is 787. The van der Waals surface area contributed by atoms with Crippen molar-refractivity contribution in [2.24, 2.45) is 5.73 Å². The Morgan fingerprint density at radius 1 is 1.50 bits per heavy atom. The van der Waals surface area contributed by atoms with E-state index in [0.717, 1.165) is 0 Å². The van der Waals surface area contributed by atoms with E-state index in [2.05, 4.69) is 9.97 Å². The molecule has 10 heteroatoms. The van der Waals surface area contributed by atoms with Crippen LogP contribution in [-0.4, -0.2) is 59.8 Å². The summed E-state index contributed by atoms with van der Waals surface area (Å²) in [7, 11) is 0. The van der Waals surface area contributed by atoms with E-state index >= 15 is 0 Å². The van der Waals surface area contributed by atoms with Crippen LogP contribution in [0, 0.1) is 0 Å². The van der Waals surface area contributed by atoms with Crippen molar-refractivity contribution in [3.05, 3.63) is 28.4 Å². The zero-order valence-electron chi connectivity index (χ0n) is 11.2. The second-order valence-electron chi connectivity index (χ2n) is 4.97. The van der Waals surface area contributed by atoms with Crippen molar-refractivity contribution < 1.29 is 20.1 Å². The highest BCUT2D eigenvalue weighted by Crippen LogP contribution is 2.32. The third-order valence-corrected chi connectivity index (χ3v) is 3.89. The molecular weight excluding hydrogens is 312 g/mol. The maximum Gasteiger partial charge on any atom is 0.260 e. The average Bonchev–Trinajstić information content (AvgIpc) is 3.00. The van der Waals surface area contributed by atoms with Gasteiger partial charge in [-0.15, -0.1) is 0 Å². The first kappa shape index (κ1) is 15.1. The molecule has 0 spiro atoms. The maximum absolute atomic E-state index is 12.0. The van der Waals surface area contributed by atoms with Crippen LogP contribution >= 0.6 is 12.2 Å². The van der Waals surface area contributed by atoms with Gasteiger partial charge in [-0.25, -0.2) is 4.98 Å². The lowest BCUT2D eigenvalue weighted by atomic mass is 10.1. The Balaban J connectivity index is 2.18. The molecule has 9 nitrogen and oxygen atoms in total. The van der Waals surface area contributed by atoms with Gasteiger partial charge in [0.15, 0.2) is 6.23 Å². The smallest absolute Gasteiger partial charge is 0.260 e. The molecule has 118 valence electrons. The van der Waals surface area contributed by atoms with Crippen LogP contribution in [0.5, 0.6) is 0 Å². The number of H-pyrrole nitrogens is 1. The molecule has 0 bridgehead atoms. The van der Waals surface area contributed by atoms with Crippen LogP contribution in [0.3, 0.4) is 0 Å². The fourth-order valence-corrected chi connectivity index (χ4v) is 2.74. The van der Waals surface area contributed by atoms with Gasteiger partial charge in [-0.3, -0.25) is 4.79 Å². The zero-order chi connectivity index (χ0) is 16.0. The van der Waals surface area contributed by atoms with Gasteiger partial charge >= 0.3 is 0 Å². The van der Waals surface area contributed by atoms with Gasteiger partial charge in [-0.05, 0) is 0 Å². The van der Waals surface area contributed by atoms with E-state index in [4.69, 9.17) is 27.8 Å². The van der Waals surface area contributed by atoms with E-state index in [1.54, 1.807) is 0 Å². The molecule has 0 saturated carbocycles. The van der Waals surface area contributed by atoms with Crippen molar-refractivity contribution in [1.82, 2.24) is 14.5 Å². The number of fused-ring (bicyclic) bond motifs is 1. The summed E-state index contributed by atoms with van der Waals surface area (Å²) in [5.41, 5.74) is 5.69. The van der Waals surface area contributed by atoms with Crippen molar-refractivity contribution >= 4 is 28.2 Å². The van der Waals surface area contributed by atoms with Crippen molar-refractivity contribution in [1.29, 1.82) is 0 Å². The van der Waals surface area contributed by atoms with Crippen molar-refractivity contribution in [2.75, 3.05) is 6.61 Å². The topological polar surface area (TPSA) is 147 Å². The number of aliphatic hydroxyl groups is 3. The highest BCUT2D eigenvalue weighted by molar-refractivity contribution is 7.80. The van der Waals surface area contributed by atoms with Crippen LogP contribution in [-0.2, 0) is 4.74 Å². The Morgan fingerprint density at radius 2 is 2.23 bits per heavy atom. The van der Waals surface area contributed by atoms with Gasteiger partial charge in [-0.1, -0.05) is 12.2 Å². The van der Waals surface area contributed by atoms with E-state index in [-0.39, 0.29) is 21.6 Å². The van der Waals surface area contributed by atoms with Crippen molar-refractivity contribution in [3.8, 4) is 0 Å². The van der Waals surface area contributed by atoms with Gasteiger partial charge in [-0.2, -0.15) is 0 Å².